The molecule has 0 amide bonds. The summed E-state index contributed by atoms with van der Waals surface area (Å²) in [4.78, 5) is 13.4. The highest BCUT2D eigenvalue weighted by Crippen LogP contribution is 2.40. The van der Waals surface area contributed by atoms with Crippen LogP contribution in [0.2, 0.25) is 0 Å². The van der Waals surface area contributed by atoms with Gasteiger partial charge in [0.2, 0.25) is 5.78 Å². The summed E-state index contributed by atoms with van der Waals surface area (Å²) in [5, 5.41) is 4.50. The van der Waals surface area contributed by atoms with E-state index in [1.807, 2.05) is 12.1 Å². The quantitative estimate of drug-likeness (QED) is 0.646. The number of nitrogens with zero attached hydrogens (tertiary/aromatic N) is 1. The minimum Gasteiger partial charge on any atom is -0.485 e. The maximum atomic E-state index is 13.4. The highest BCUT2D eigenvalue weighted by atomic mass is 16.5. The van der Waals surface area contributed by atoms with Crippen LogP contribution in [0.5, 0.6) is 5.75 Å². The standard InChI is InChI=1S/C26H30N2O2/c1-26(2)13-6-8-18-20(26)9-5-11-24(18)30-17-23(29)25-19-7-3-4-10-21(19)28-16-15-27-14-12-22(25)28/h3-5,7,9-11,27H,6,8,12-17H2,1-2H3. The lowest BCUT2D eigenvalue weighted by atomic mass is 9.72. The number of para-hydroxylation sites is 1. The van der Waals surface area contributed by atoms with E-state index in [2.05, 4.69) is 54.1 Å². The van der Waals surface area contributed by atoms with E-state index < -0.39 is 0 Å². The summed E-state index contributed by atoms with van der Waals surface area (Å²) in [6.07, 6.45) is 4.25. The van der Waals surface area contributed by atoms with Gasteiger partial charge in [0.25, 0.3) is 0 Å². The van der Waals surface area contributed by atoms with E-state index in [1.165, 1.54) is 24.0 Å². The third-order valence-electron chi connectivity index (χ3n) is 6.86. The molecule has 0 saturated carbocycles. The molecular weight excluding hydrogens is 372 g/mol. The van der Waals surface area contributed by atoms with Crippen LogP contribution in [0, 0.1) is 0 Å². The van der Waals surface area contributed by atoms with Crippen LogP contribution in [0.4, 0.5) is 0 Å². The van der Waals surface area contributed by atoms with Gasteiger partial charge < -0.3 is 14.6 Å². The zero-order valence-electron chi connectivity index (χ0n) is 18.0. The van der Waals surface area contributed by atoms with E-state index in [9.17, 15) is 4.79 Å². The molecule has 0 saturated heterocycles. The van der Waals surface area contributed by atoms with Gasteiger partial charge in [-0.25, -0.2) is 0 Å². The Kier molecular flexibility index (Phi) is 4.90. The summed E-state index contributed by atoms with van der Waals surface area (Å²) in [5.41, 5.74) is 5.96. The highest BCUT2D eigenvalue weighted by Gasteiger charge is 2.29. The first-order valence-electron chi connectivity index (χ1n) is 11.2. The molecule has 5 rings (SSSR count). The van der Waals surface area contributed by atoms with E-state index in [-0.39, 0.29) is 17.8 Å². The van der Waals surface area contributed by atoms with Crippen molar-refractivity contribution in [3.05, 3.63) is 64.8 Å². The average Bonchev–Trinajstić information content (AvgIpc) is 2.87. The Hall–Kier alpha value is -2.59. The molecule has 4 nitrogen and oxygen atoms in total. The largest absolute Gasteiger partial charge is 0.485 e. The Morgan fingerprint density at radius 1 is 1.10 bits per heavy atom. The fourth-order valence-electron chi connectivity index (χ4n) is 5.36. The Morgan fingerprint density at radius 2 is 1.97 bits per heavy atom. The Balaban J connectivity index is 1.47. The van der Waals surface area contributed by atoms with Crippen LogP contribution in [0.1, 0.15) is 53.9 Å². The van der Waals surface area contributed by atoms with Crippen molar-refractivity contribution in [2.75, 3.05) is 19.7 Å². The maximum absolute atomic E-state index is 13.4. The first-order chi connectivity index (χ1) is 14.6. The number of Topliss-reactive ketones (excluding diaryl/α,β-unsaturated/α-hetero) is 1. The second kappa shape index (κ2) is 7.59. The number of rotatable bonds is 4. The molecule has 2 aromatic carbocycles. The highest BCUT2D eigenvalue weighted by molar-refractivity contribution is 6.10. The van der Waals surface area contributed by atoms with Crippen molar-refractivity contribution in [2.24, 2.45) is 0 Å². The van der Waals surface area contributed by atoms with Gasteiger partial charge in [0, 0.05) is 42.7 Å². The van der Waals surface area contributed by atoms with Crippen LogP contribution < -0.4 is 10.1 Å². The van der Waals surface area contributed by atoms with Crippen LogP contribution in [-0.4, -0.2) is 30.0 Å². The van der Waals surface area contributed by atoms with Crippen LogP contribution in [0.15, 0.2) is 42.5 Å². The normalized spacial score (nSPS) is 17.8. The number of carbonyl (C=O) groups excluding carboxylic acids is 1. The number of nitrogens with one attached hydrogen (secondary N) is 1. The van der Waals surface area contributed by atoms with Crippen molar-refractivity contribution in [3.8, 4) is 5.75 Å². The molecule has 30 heavy (non-hydrogen) atoms. The molecule has 3 aromatic rings. The molecule has 0 spiro atoms. The summed E-state index contributed by atoms with van der Waals surface area (Å²) in [6.45, 7) is 7.42. The number of fused-ring (bicyclic) bond motifs is 4. The average molecular weight is 403 g/mol. The number of hydrogen-bond acceptors (Lipinski definition) is 3. The fourth-order valence-corrected chi connectivity index (χ4v) is 5.36. The number of carbonyl (C=O) groups is 1. The van der Waals surface area contributed by atoms with E-state index in [0.717, 1.165) is 60.4 Å². The summed E-state index contributed by atoms with van der Waals surface area (Å²) in [5.74, 6) is 0.958. The van der Waals surface area contributed by atoms with Crippen molar-refractivity contribution in [2.45, 2.75) is 51.5 Å². The summed E-state index contributed by atoms with van der Waals surface area (Å²) < 4.78 is 8.50. The molecular formula is C26H30N2O2. The fraction of sp³-hybridized carbons (Fsp3) is 0.423. The molecule has 156 valence electrons. The predicted molar refractivity (Wildman–Crippen MR) is 121 cm³/mol. The van der Waals surface area contributed by atoms with Gasteiger partial charge in [-0.05, 0) is 47.9 Å². The minimum absolute atomic E-state index is 0.0783. The molecule has 4 heteroatoms. The minimum atomic E-state index is 0.0783. The van der Waals surface area contributed by atoms with Crippen LogP contribution in [0.3, 0.4) is 0 Å². The number of benzene rings is 2. The predicted octanol–water partition coefficient (Wildman–Crippen LogP) is 4.66. The molecule has 2 aliphatic rings. The van der Waals surface area contributed by atoms with Gasteiger partial charge in [0.15, 0.2) is 6.61 Å². The lowest BCUT2D eigenvalue weighted by Gasteiger charge is -2.33. The zero-order chi connectivity index (χ0) is 20.7. The van der Waals surface area contributed by atoms with Crippen LogP contribution >= 0.6 is 0 Å². The molecule has 2 heterocycles. The van der Waals surface area contributed by atoms with Crippen molar-refractivity contribution in [3.63, 3.8) is 0 Å². The number of hydrogen-bond donors (Lipinski definition) is 1. The monoisotopic (exact) mass is 402 g/mol. The van der Waals surface area contributed by atoms with Crippen molar-refractivity contribution in [1.29, 1.82) is 0 Å². The Morgan fingerprint density at radius 3 is 2.87 bits per heavy atom. The molecule has 0 bridgehead atoms. The third-order valence-corrected chi connectivity index (χ3v) is 6.86. The smallest absolute Gasteiger partial charge is 0.202 e. The molecule has 0 radical (unpaired) electrons. The molecule has 1 aliphatic heterocycles. The zero-order valence-corrected chi connectivity index (χ0v) is 18.0. The van der Waals surface area contributed by atoms with Gasteiger partial charge in [-0.3, -0.25) is 4.79 Å². The lowest BCUT2D eigenvalue weighted by Crippen LogP contribution is -2.24. The maximum Gasteiger partial charge on any atom is 0.202 e. The molecule has 0 atom stereocenters. The van der Waals surface area contributed by atoms with Gasteiger partial charge in [0.1, 0.15) is 5.75 Å². The summed E-state index contributed by atoms with van der Waals surface area (Å²) in [6, 6.07) is 14.6. The molecule has 1 aliphatic carbocycles. The summed E-state index contributed by atoms with van der Waals surface area (Å²) >= 11 is 0. The van der Waals surface area contributed by atoms with E-state index in [4.69, 9.17) is 4.74 Å². The second-order valence-electron chi connectivity index (χ2n) is 9.22. The van der Waals surface area contributed by atoms with Crippen LogP contribution in [-0.2, 0) is 24.8 Å². The van der Waals surface area contributed by atoms with Crippen molar-refractivity contribution < 1.29 is 9.53 Å². The Bertz CT molecular complexity index is 1110. The van der Waals surface area contributed by atoms with Gasteiger partial charge in [-0.15, -0.1) is 0 Å². The number of ether oxygens (including phenoxy) is 1. The SMILES string of the molecule is CC1(C)CCCc2c(OCC(=O)c3c4n(c5ccccc35)CCNCC4)cccc21. The van der Waals surface area contributed by atoms with Gasteiger partial charge in [0.05, 0.1) is 5.56 Å². The van der Waals surface area contributed by atoms with Crippen LogP contribution in [0.25, 0.3) is 10.9 Å². The molecule has 1 N–H and O–H groups in total. The lowest BCUT2D eigenvalue weighted by molar-refractivity contribution is 0.0921. The summed E-state index contributed by atoms with van der Waals surface area (Å²) in [7, 11) is 0. The van der Waals surface area contributed by atoms with Gasteiger partial charge in [-0.2, -0.15) is 0 Å². The second-order valence-corrected chi connectivity index (χ2v) is 9.22. The van der Waals surface area contributed by atoms with E-state index in [0.29, 0.717) is 0 Å². The molecule has 0 unspecified atom stereocenters. The van der Waals surface area contributed by atoms with E-state index >= 15 is 0 Å². The Labute approximate surface area is 178 Å². The van der Waals surface area contributed by atoms with Crippen molar-refractivity contribution in [1.82, 2.24) is 9.88 Å². The third kappa shape index (κ3) is 3.24. The first kappa shape index (κ1) is 19.4. The van der Waals surface area contributed by atoms with Gasteiger partial charge in [-0.1, -0.05) is 44.2 Å². The van der Waals surface area contributed by atoms with E-state index in [1.54, 1.807) is 0 Å². The topological polar surface area (TPSA) is 43.3 Å². The molecule has 0 fully saturated rings. The molecule has 1 aromatic heterocycles. The number of aromatic nitrogens is 1. The van der Waals surface area contributed by atoms with Gasteiger partial charge >= 0.3 is 0 Å². The first-order valence-corrected chi connectivity index (χ1v) is 11.2. The number of ketones is 1. The van der Waals surface area contributed by atoms with Crippen molar-refractivity contribution >= 4 is 16.7 Å².